The number of rotatable bonds is 7. The number of carbonyl (C=O) groups excluding carboxylic acids is 2. The van der Waals surface area contributed by atoms with Crippen molar-refractivity contribution in [3.8, 4) is 0 Å². The first-order chi connectivity index (χ1) is 16.2. The molecule has 0 heterocycles. The standard InChI is InChI=1S/C28H25N2O2P/c1-29-28(32)26-20-12-11-19-25(26)27(31)21-30-33(22-13-5-2-6-14-22,23-15-7-3-8-16-23)24-17-9-4-10-18-24/h2-20H,21H2,1H3,(H,29,32). The molecule has 1 amide bonds. The van der Waals surface area contributed by atoms with Gasteiger partial charge in [0.2, 0.25) is 0 Å². The van der Waals surface area contributed by atoms with Gasteiger partial charge in [-0.25, -0.2) is 0 Å². The summed E-state index contributed by atoms with van der Waals surface area (Å²) in [5.74, 6) is -0.462. The van der Waals surface area contributed by atoms with Gasteiger partial charge >= 0.3 is 0 Å². The zero-order valence-electron chi connectivity index (χ0n) is 18.4. The van der Waals surface area contributed by atoms with Crippen molar-refractivity contribution in [2.45, 2.75) is 0 Å². The fraction of sp³-hybridized carbons (Fsp3) is 0.0714. The van der Waals surface area contributed by atoms with Crippen LogP contribution in [-0.4, -0.2) is 25.3 Å². The summed E-state index contributed by atoms with van der Waals surface area (Å²) >= 11 is 0. The van der Waals surface area contributed by atoms with Crippen LogP contribution < -0.4 is 21.2 Å². The average molecular weight is 452 g/mol. The number of nitrogens with one attached hydrogen (secondary N) is 1. The first kappa shape index (κ1) is 22.4. The highest BCUT2D eigenvalue weighted by molar-refractivity contribution is 7.87. The van der Waals surface area contributed by atoms with Gasteiger partial charge < -0.3 is 5.32 Å². The monoisotopic (exact) mass is 452 g/mol. The van der Waals surface area contributed by atoms with Gasteiger partial charge in [-0.15, -0.1) is 0 Å². The Labute approximate surface area is 194 Å². The van der Waals surface area contributed by atoms with Crippen molar-refractivity contribution < 1.29 is 9.59 Å². The largest absolute Gasteiger partial charge is 0.355 e. The lowest BCUT2D eigenvalue weighted by Crippen LogP contribution is -2.26. The lowest BCUT2D eigenvalue weighted by molar-refractivity contribution is 0.0944. The van der Waals surface area contributed by atoms with Crippen LogP contribution in [0.25, 0.3) is 0 Å². The van der Waals surface area contributed by atoms with Crippen molar-refractivity contribution in [1.29, 1.82) is 0 Å². The molecule has 4 aromatic rings. The van der Waals surface area contributed by atoms with E-state index in [1.165, 1.54) is 0 Å². The van der Waals surface area contributed by atoms with E-state index in [0.717, 1.165) is 15.9 Å². The van der Waals surface area contributed by atoms with Crippen LogP contribution in [0, 0.1) is 0 Å². The molecule has 0 saturated carbocycles. The Balaban J connectivity index is 1.91. The van der Waals surface area contributed by atoms with Gasteiger partial charge in [-0.05, 0) is 6.07 Å². The number of Topliss-reactive ketones (excluding diaryl/α,β-unsaturated/α-hetero) is 1. The van der Waals surface area contributed by atoms with Gasteiger partial charge in [0.05, 0.1) is 12.6 Å². The molecule has 0 unspecified atom stereocenters. The maximum absolute atomic E-state index is 13.4. The lowest BCUT2D eigenvalue weighted by atomic mass is 10.0. The van der Waals surface area contributed by atoms with Gasteiger partial charge in [-0.1, -0.05) is 109 Å². The quantitative estimate of drug-likeness (QED) is 0.334. The Morgan fingerprint density at radius 3 is 1.45 bits per heavy atom. The Bertz CT molecular complexity index is 1200. The number of benzene rings is 4. The molecule has 33 heavy (non-hydrogen) atoms. The van der Waals surface area contributed by atoms with E-state index in [0.29, 0.717) is 11.1 Å². The second-order valence-electron chi connectivity index (χ2n) is 7.49. The minimum absolute atomic E-state index is 0.0273. The third-order valence-electron chi connectivity index (χ3n) is 5.52. The van der Waals surface area contributed by atoms with Crippen LogP contribution in [0.15, 0.2) is 120 Å². The van der Waals surface area contributed by atoms with Crippen molar-refractivity contribution in [3.05, 3.63) is 126 Å². The molecular weight excluding hydrogens is 427 g/mol. The van der Waals surface area contributed by atoms with Crippen LogP contribution in [0.2, 0.25) is 0 Å². The smallest absolute Gasteiger partial charge is 0.251 e. The van der Waals surface area contributed by atoms with Crippen LogP contribution in [0.5, 0.6) is 0 Å². The molecule has 0 aliphatic rings. The number of nitrogens with zero attached hydrogens (tertiary/aromatic N) is 1. The normalized spacial score (nSPS) is 10.9. The fourth-order valence-corrected chi connectivity index (χ4v) is 7.47. The first-order valence-corrected chi connectivity index (χ1v) is 12.5. The summed E-state index contributed by atoms with van der Waals surface area (Å²) < 4.78 is 5.20. The van der Waals surface area contributed by atoms with E-state index in [4.69, 9.17) is 4.74 Å². The van der Waals surface area contributed by atoms with E-state index >= 15 is 0 Å². The van der Waals surface area contributed by atoms with Gasteiger partial charge in [0.15, 0.2) is 5.78 Å². The van der Waals surface area contributed by atoms with E-state index < -0.39 is 7.05 Å². The molecule has 0 bridgehead atoms. The maximum atomic E-state index is 13.4. The van der Waals surface area contributed by atoms with E-state index in [2.05, 4.69) is 41.7 Å². The first-order valence-electron chi connectivity index (χ1n) is 10.8. The van der Waals surface area contributed by atoms with Gasteiger partial charge in [-0.2, -0.15) is 0 Å². The highest BCUT2D eigenvalue weighted by Gasteiger charge is 2.27. The lowest BCUT2D eigenvalue weighted by Gasteiger charge is -2.27. The summed E-state index contributed by atoms with van der Waals surface area (Å²) in [7, 11) is -0.909. The maximum Gasteiger partial charge on any atom is 0.251 e. The summed E-state index contributed by atoms with van der Waals surface area (Å²) in [6, 6.07) is 37.4. The molecule has 1 N–H and O–H groups in total. The molecule has 4 nitrogen and oxygen atoms in total. The summed E-state index contributed by atoms with van der Waals surface area (Å²) in [5.41, 5.74) is 0.746. The van der Waals surface area contributed by atoms with Crippen LogP contribution in [-0.2, 0) is 0 Å². The number of hydrogen-bond acceptors (Lipinski definition) is 3. The third-order valence-corrected chi connectivity index (χ3v) is 9.22. The molecule has 0 aliphatic carbocycles. The van der Waals surface area contributed by atoms with E-state index in [-0.39, 0.29) is 18.2 Å². The molecule has 0 atom stereocenters. The predicted octanol–water partition coefficient (Wildman–Crippen LogP) is 4.41. The van der Waals surface area contributed by atoms with Crippen molar-refractivity contribution >= 4 is 34.7 Å². The van der Waals surface area contributed by atoms with Crippen molar-refractivity contribution in [3.63, 3.8) is 0 Å². The number of hydrogen-bond donors (Lipinski definition) is 1. The van der Waals surface area contributed by atoms with Gasteiger partial charge in [0, 0.05) is 28.5 Å². The van der Waals surface area contributed by atoms with Gasteiger partial charge in [0.1, 0.15) is 6.54 Å². The highest BCUT2D eigenvalue weighted by atomic mass is 31.2. The van der Waals surface area contributed by atoms with Crippen molar-refractivity contribution in [1.82, 2.24) is 5.32 Å². The summed E-state index contributed by atoms with van der Waals surface area (Å²) in [5, 5.41) is 5.85. The SMILES string of the molecule is CNC(=O)c1ccccc1C(=O)CN=P(c1ccccc1)(c1ccccc1)c1ccccc1. The third kappa shape index (κ3) is 4.57. The zero-order valence-corrected chi connectivity index (χ0v) is 19.3. The molecular formula is C28H25N2O2P. The summed E-state index contributed by atoms with van der Waals surface area (Å²) in [6.07, 6.45) is 0. The van der Waals surface area contributed by atoms with Crippen LogP contribution in [0.1, 0.15) is 20.7 Å². The highest BCUT2D eigenvalue weighted by Crippen LogP contribution is 2.46. The Kier molecular flexibility index (Phi) is 6.97. The molecule has 4 rings (SSSR count). The molecule has 4 aromatic carbocycles. The van der Waals surface area contributed by atoms with Crippen LogP contribution >= 0.6 is 7.05 Å². The second-order valence-corrected chi connectivity index (χ2v) is 10.6. The Morgan fingerprint density at radius 1 is 0.636 bits per heavy atom. The summed E-state index contributed by atoms with van der Waals surface area (Å²) in [6.45, 7) is -0.0273. The molecule has 164 valence electrons. The number of amides is 1. The molecule has 0 radical (unpaired) electrons. The Morgan fingerprint density at radius 2 is 1.03 bits per heavy atom. The van der Waals surface area contributed by atoms with E-state index in [9.17, 15) is 9.59 Å². The zero-order chi connectivity index (χ0) is 23.1. The fourth-order valence-electron chi connectivity index (χ4n) is 3.94. The minimum Gasteiger partial charge on any atom is -0.355 e. The molecule has 0 aromatic heterocycles. The second kappa shape index (κ2) is 10.2. The number of ketones is 1. The molecule has 5 heteroatoms. The average Bonchev–Trinajstić information content (AvgIpc) is 2.90. The van der Waals surface area contributed by atoms with Crippen molar-refractivity contribution in [2.75, 3.05) is 13.6 Å². The van der Waals surface area contributed by atoms with Crippen LogP contribution in [0.3, 0.4) is 0 Å². The van der Waals surface area contributed by atoms with Gasteiger partial charge in [-0.3, -0.25) is 14.3 Å². The van der Waals surface area contributed by atoms with Crippen LogP contribution in [0.4, 0.5) is 0 Å². The predicted molar refractivity (Wildman–Crippen MR) is 137 cm³/mol. The number of carbonyl (C=O) groups is 2. The topological polar surface area (TPSA) is 58.5 Å². The molecule has 0 fully saturated rings. The summed E-state index contributed by atoms with van der Waals surface area (Å²) in [4.78, 5) is 25.7. The van der Waals surface area contributed by atoms with E-state index in [1.807, 2.05) is 54.6 Å². The Hall–Kier alpha value is -3.75. The molecule has 0 saturated heterocycles. The molecule has 0 spiro atoms. The van der Waals surface area contributed by atoms with Crippen molar-refractivity contribution in [2.24, 2.45) is 4.74 Å². The van der Waals surface area contributed by atoms with E-state index in [1.54, 1.807) is 31.3 Å². The minimum atomic E-state index is -2.47. The molecule has 0 aliphatic heterocycles. The van der Waals surface area contributed by atoms with Gasteiger partial charge in [0.25, 0.3) is 5.91 Å².